The van der Waals surface area contributed by atoms with Gasteiger partial charge in [0.05, 0.1) is 10.4 Å². The van der Waals surface area contributed by atoms with Crippen molar-refractivity contribution in [3.8, 4) is 0 Å². The summed E-state index contributed by atoms with van der Waals surface area (Å²) in [6.07, 6.45) is 2.86. The Balaban J connectivity index is 1.85. The molecular weight excluding hydrogens is 279 g/mol. The number of carbonyl (C=O) groups is 1. The van der Waals surface area contributed by atoms with Crippen LogP contribution in [0.5, 0.6) is 0 Å². The summed E-state index contributed by atoms with van der Waals surface area (Å²) in [5, 5.41) is 0. The van der Waals surface area contributed by atoms with E-state index < -0.39 is 0 Å². The number of hydrogen-bond acceptors (Lipinski definition) is 3. The summed E-state index contributed by atoms with van der Waals surface area (Å²) in [4.78, 5) is 12.0. The van der Waals surface area contributed by atoms with E-state index in [0.717, 1.165) is 19.4 Å². The SMILES string of the molecule is CCOC1CC(CC(=O)c2cc(Cl)sc2Cl)C1. The lowest BCUT2D eigenvalue weighted by Gasteiger charge is -2.34. The van der Waals surface area contributed by atoms with Gasteiger partial charge >= 0.3 is 0 Å². The van der Waals surface area contributed by atoms with Gasteiger partial charge in [-0.15, -0.1) is 11.3 Å². The minimum Gasteiger partial charge on any atom is -0.378 e. The number of ketones is 1. The molecule has 0 radical (unpaired) electrons. The summed E-state index contributed by atoms with van der Waals surface area (Å²) in [6, 6.07) is 1.66. The number of thiophene rings is 1. The van der Waals surface area contributed by atoms with Crippen LogP contribution in [-0.2, 0) is 4.74 Å². The van der Waals surface area contributed by atoms with E-state index in [0.29, 0.717) is 32.7 Å². The number of rotatable bonds is 5. The molecule has 0 saturated heterocycles. The lowest BCUT2D eigenvalue weighted by molar-refractivity contribution is -0.0246. The predicted molar refractivity (Wildman–Crippen MR) is 71.4 cm³/mol. The summed E-state index contributed by atoms with van der Waals surface area (Å²) in [7, 11) is 0. The van der Waals surface area contributed by atoms with Crippen molar-refractivity contribution >= 4 is 40.3 Å². The van der Waals surface area contributed by atoms with Crippen molar-refractivity contribution in [2.45, 2.75) is 32.3 Å². The van der Waals surface area contributed by atoms with Crippen molar-refractivity contribution in [1.29, 1.82) is 0 Å². The van der Waals surface area contributed by atoms with Crippen LogP contribution in [0.15, 0.2) is 6.07 Å². The molecule has 0 amide bonds. The molecule has 0 spiro atoms. The second-order valence-electron chi connectivity index (χ2n) is 4.28. The van der Waals surface area contributed by atoms with E-state index in [4.69, 9.17) is 27.9 Å². The highest BCUT2D eigenvalue weighted by atomic mass is 35.5. The summed E-state index contributed by atoms with van der Waals surface area (Å²) >= 11 is 13.0. The third-order valence-corrected chi connectivity index (χ3v) is 4.51. The zero-order valence-electron chi connectivity index (χ0n) is 9.54. The fourth-order valence-corrected chi connectivity index (χ4v) is 3.61. The number of Topliss-reactive ketones (excluding diaryl/α,β-unsaturated/α-hetero) is 1. The predicted octanol–water partition coefficient (Wildman–Crippen LogP) is 4.44. The van der Waals surface area contributed by atoms with Crippen molar-refractivity contribution < 1.29 is 9.53 Å². The van der Waals surface area contributed by atoms with E-state index in [9.17, 15) is 4.79 Å². The van der Waals surface area contributed by atoms with Crippen LogP contribution in [0.2, 0.25) is 8.67 Å². The standard InChI is InChI=1S/C12H14Cl2O2S/c1-2-16-8-3-7(4-8)5-10(15)9-6-11(13)17-12(9)14/h6-8H,2-5H2,1H3. The first-order chi connectivity index (χ1) is 8.10. The average Bonchev–Trinajstić information content (AvgIpc) is 2.54. The van der Waals surface area contributed by atoms with E-state index in [1.54, 1.807) is 6.07 Å². The van der Waals surface area contributed by atoms with Gasteiger partial charge in [-0.2, -0.15) is 0 Å². The fourth-order valence-electron chi connectivity index (χ4n) is 2.12. The Morgan fingerprint density at radius 2 is 2.24 bits per heavy atom. The summed E-state index contributed by atoms with van der Waals surface area (Å²) < 4.78 is 6.54. The molecule has 0 atom stereocenters. The maximum Gasteiger partial charge on any atom is 0.165 e. The van der Waals surface area contributed by atoms with Gasteiger partial charge < -0.3 is 4.74 Å². The summed E-state index contributed by atoms with van der Waals surface area (Å²) in [6.45, 7) is 2.74. The number of ether oxygens (including phenoxy) is 1. The summed E-state index contributed by atoms with van der Waals surface area (Å²) in [5.41, 5.74) is 0.571. The molecule has 1 aliphatic rings. The molecule has 1 aromatic rings. The molecule has 1 aromatic heterocycles. The molecular formula is C12H14Cl2O2S. The lowest BCUT2D eigenvalue weighted by atomic mass is 9.78. The minimum absolute atomic E-state index is 0.0955. The van der Waals surface area contributed by atoms with Gasteiger partial charge in [-0.05, 0) is 31.7 Å². The van der Waals surface area contributed by atoms with Crippen molar-refractivity contribution in [3.05, 3.63) is 20.3 Å². The molecule has 94 valence electrons. The zero-order chi connectivity index (χ0) is 12.4. The fraction of sp³-hybridized carbons (Fsp3) is 0.583. The van der Waals surface area contributed by atoms with Crippen molar-refractivity contribution in [2.24, 2.45) is 5.92 Å². The van der Waals surface area contributed by atoms with Crippen LogP contribution in [0.25, 0.3) is 0 Å². The van der Waals surface area contributed by atoms with Gasteiger partial charge in [0.1, 0.15) is 4.34 Å². The van der Waals surface area contributed by atoms with Crippen molar-refractivity contribution in [3.63, 3.8) is 0 Å². The van der Waals surface area contributed by atoms with Crippen LogP contribution in [0, 0.1) is 5.92 Å². The highest BCUT2D eigenvalue weighted by molar-refractivity contribution is 7.20. The van der Waals surface area contributed by atoms with Gasteiger partial charge in [0.25, 0.3) is 0 Å². The van der Waals surface area contributed by atoms with Gasteiger partial charge in [0.2, 0.25) is 0 Å². The van der Waals surface area contributed by atoms with Gasteiger partial charge in [0.15, 0.2) is 5.78 Å². The van der Waals surface area contributed by atoms with Crippen LogP contribution >= 0.6 is 34.5 Å². The van der Waals surface area contributed by atoms with E-state index in [1.807, 2.05) is 6.92 Å². The largest absolute Gasteiger partial charge is 0.378 e. The molecule has 1 aliphatic carbocycles. The first-order valence-electron chi connectivity index (χ1n) is 5.69. The molecule has 0 unspecified atom stereocenters. The first-order valence-corrected chi connectivity index (χ1v) is 7.27. The molecule has 2 rings (SSSR count). The van der Waals surface area contributed by atoms with E-state index >= 15 is 0 Å². The normalized spacial score (nSPS) is 23.5. The van der Waals surface area contributed by atoms with Crippen LogP contribution in [0.4, 0.5) is 0 Å². The monoisotopic (exact) mass is 292 g/mol. The van der Waals surface area contributed by atoms with Crippen molar-refractivity contribution in [1.82, 2.24) is 0 Å². The van der Waals surface area contributed by atoms with Crippen LogP contribution in [0.3, 0.4) is 0 Å². The average molecular weight is 293 g/mol. The molecule has 0 aliphatic heterocycles. The van der Waals surface area contributed by atoms with Gasteiger partial charge in [-0.25, -0.2) is 0 Å². The zero-order valence-corrected chi connectivity index (χ0v) is 11.9. The molecule has 0 N–H and O–H groups in total. The Morgan fingerprint density at radius 3 is 2.76 bits per heavy atom. The Bertz CT molecular complexity index is 411. The Hall–Kier alpha value is -0.0900. The molecule has 2 nitrogen and oxygen atoms in total. The van der Waals surface area contributed by atoms with E-state index in [-0.39, 0.29) is 5.78 Å². The molecule has 0 bridgehead atoms. The Labute approximate surface area is 115 Å². The molecule has 0 aromatic carbocycles. The molecule has 1 fully saturated rings. The topological polar surface area (TPSA) is 26.3 Å². The van der Waals surface area contributed by atoms with Crippen LogP contribution < -0.4 is 0 Å². The molecule has 17 heavy (non-hydrogen) atoms. The maximum atomic E-state index is 12.0. The van der Waals surface area contributed by atoms with Gasteiger partial charge in [-0.3, -0.25) is 4.79 Å². The lowest BCUT2D eigenvalue weighted by Crippen LogP contribution is -2.32. The van der Waals surface area contributed by atoms with E-state index in [2.05, 4.69) is 0 Å². The van der Waals surface area contributed by atoms with E-state index in [1.165, 1.54) is 11.3 Å². The third-order valence-electron chi connectivity index (χ3n) is 3.03. The van der Waals surface area contributed by atoms with Gasteiger partial charge in [0, 0.05) is 18.6 Å². The molecule has 1 heterocycles. The second kappa shape index (κ2) is 5.70. The number of hydrogen-bond donors (Lipinski definition) is 0. The maximum absolute atomic E-state index is 12.0. The Kier molecular flexibility index (Phi) is 4.47. The first kappa shape index (κ1) is 13.3. The molecule has 5 heteroatoms. The van der Waals surface area contributed by atoms with Crippen LogP contribution in [0.1, 0.15) is 36.5 Å². The molecule has 1 saturated carbocycles. The van der Waals surface area contributed by atoms with Crippen LogP contribution in [-0.4, -0.2) is 18.5 Å². The van der Waals surface area contributed by atoms with Crippen molar-refractivity contribution in [2.75, 3.05) is 6.61 Å². The smallest absolute Gasteiger partial charge is 0.165 e. The highest BCUT2D eigenvalue weighted by Crippen LogP contribution is 2.36. The Morgan fingerprint density at radius 1 is 1.53 bits per heavy atom. The van der Waals surface area contributed by atoms with Gasteiger partial charge in [-0.1, -0.05) is 23.2 Å². The highest BCUT2D eigenvalue weighted by Gasteiger charge is 2.31. The quantitative estimate of drug-likeness (QED) is 0.750. The third kappa shape index (κ3) is 3.22. The number of halogens is 2. The number of carbonyl (C=O) groups excluding carboxylic acids is 1. The second-order valence-corrected chi connectivity index (χ2v) is 6.57. The summed E-state index contributed by atoms with van der Waals surface area (Å²) in [5.74, 6) is 0.534. The minimum atomic E-state index is 0.0955.